The summed E-state index contributed by atoms with van der Waals surface area (Å²) in [7, 11) is -3.41. The summed E-state index contributed by atoms with van der Waals surface area (Å²) in [4.78, 5) is 0.177. The van der Waals surface area contributed by atoms with E-state index in [4.69, 9.17) is 16.6 Å². The molecule has 0 saturated carbocycles. The fraction of sp³-hybridized carbons (Fsp3) is 0.455. The monoisotopic (exact) mass is 273 g/mol. The van der Waals surface area contributed by atoms with Crippen molar-refractivity contribution in [3.63, 3.8) is 0 Å². The van der Waals surface area contributed by atoms with Crippen molar-refractivity contribution in [1.29, 1.82) is 0 Å². The summed E-state index contributed by atoms with van der Waals surface area (Å²) >= 11 is 0. The maximum Gasteiger partial charge on any atom is 0.180 e. The molecule has 0 fully saturated rings. The van der Waals surface area contributed by atoms with Crippen LogP contribution in [0.4, 0.5) is 5.69 Å². The number of hydrogen-bond donors (Lipinski definition) is 4. The molecule has 6 N–H and O–H groups in total. The molecule has 2 atom stereocenters. The van der Waals surface area contributed by atoms with E-state index in [2.05, 4.69) is 5.32 Å². The van der Waals surface area contributed by atoms with Crippen LogP contribution >= 0.6 is 0 Å². The Hall–Kier alpha value is -1.15. The second-order valence-corrected chi connectivity index (χ2v) is 6.21. The molecule has 1 aromatic rings. The zero-order valence-electron chi connectivity index (χ0n) is 10.2. The van der Waals surface area contributed by atoms with Gasteiger partial charge in [-0.2, -0.15) is 0 Å². The Balaban J connectivity index is 2.81. The highest BCUT2D eigenvalue weighted by molar-refractivity contribution is 7.91. The van der Waals surface area contributed by atoms with Crippen molar-refractivity contribution < 1.29 is 13.5 Å². The van der Waals surface area contributed by atoms with Crippen molar-refractivity contribution >= 4 is 15.5 Å². The van der Waals surface area contributed by atoms with Gasteiger partial charge in [0, 0.05) is 11.7 Å². The number of rotatable bonds is 6. The van der Waals surface area contributed by atoms with Crippen LogP contribution in [0, 0.1) is 0 Å². The van der Waals surface area contributed by atoms with Gasteiger partial charge in [-0.1, -0.05) is 0 Å². The molecule has 0 radical (unpaired) electrons. The van der Waals surface area contributed by atoms with E-state index >= 15 is 0 Å². The van der Waals surface area contributed by atoms with E-state index in [-0.39, 0.29) is 16.7 Å². The molecule has 2 unspecified atom stereocenters. The Bertz CT molecular complexity index is 471. The predicted octanol–water partition coefficient (Wildman–Crippen LogP) is -0.503. The Labute approximate surface area is 107 Å². The van der Waals surface area contributed by atoms with Crippen LogP contribution in [0.25, 0.3) is 0 Å². The first kappa shape index (κ1) is 14.9. The van der Waals surface area contributed by atoms with Crippen molar-refractivity contribution in [2.24, 2.45) is 11.5 Å². The molecular formula is C11H19N3O3S. The minimum absolute atomic E-state index is 0.177. The third-order valence-corrected chi connectivity index (χ3v) is 4.18. The molecule has 0 aliphatic carbocycles. The highest BCUT2D eigenvalue weighted by atomic mass is 32.2. The number of anilines is 1. The van der Waals surface area contributed by atoms with Gasteiger partial charge in [-0.3, -0.25) is 0 Å². The summed E-state index contributed by atoms with van der Waals surface area (Å²) in [5, 5.41) is 11.6. The van der Waals surface area contributed by atoms with Crippen LogP contribution in [0.1, 0.15) is 6.92 Å². The zero-order valence-corrected chi connectivity index (χ0v) is 11.0. The van der Waals surface area contributed by atoms with Crippen molar-refractivity contribution in [2.45, 2.75) is 24.0 Å². The predicted molar refractivity (Wildman–Crippen MR) is 70.8 cm³/mol. The fourth-order valence-electron chi connectivity index (χ4n) is 1.32. The van der Waals surface area contributed by atoms with Gasteiger partial charge in [0.1, 0.15) is 0 Å². The molecule has 1 aromatic carbocycles. The highest BCUT2D eigenvalue weighted by Crippen LogP contribution is 2.15. The van der Waals surface area contributed by atoms with Crippen molar-refractivity contribution in [2.75, 3.05) is 17.7 Å². The van der Waals surface area contributed by atoms with Gasteiger partial charge in [0.15, 0.2) is 9.84 Å². The van der Waals surface area contributed by atoms with Crippen molar-refractivity contribution in [3.05, 3.63) is 24.3 Å². The van der Waals surface area contributed by atoms with Gasteiger partial charge in [-0.15, -0.1) is 0 Å². The molecular weight excluding hydrogens is 254 g/mol. The number of hydrogen-bond acceptors (Lipinski definition) is 6. The summed E-state index contributed by atoms with van der Waals surface area (Å²) in [6.07, 6.45) is -0.398. The smallest absolute Gasteiger partial charge is 0.180 e. The number of aliphatic hydroxyl groups excluding tert-OH is 1. The molecule has 6 nitrogen and oxygen atoms in total. The highest BCUT2D eigenvalue weighted by Gasteiger charge is 2.13. The van der Waals surface area contributed by atoms with E-state index < -0.39 is 22.6 Å². The number of benzene rings is 1. The average molecular weight is 273 g/mol. The van der Waals surface area contributed by atoms with E-state index in [1.807, 2.05) is 0 Å². The molecule has 0 saturated heterocycles. The van der Waals surface area contributed by atoms with Crippen molar-refractivity contribution in [3.8, 4) is 0 Å². The molecule has 0 bridgehead atoms. The summed E-state index contributed by atoms with van der Waals surface area (Å²) in [6.45, 7) is 1.38. The van der Waals surface area contributed by atoms with Crippen LogP contribution in [0.5, 0.6) is 0 Å². The van der Waals surface area contributed by atoms with Gasteiger partial charge in [0.25, 0.3) is 0 Å². The minimum atomic E-state index is -3.41. The van der Waals surface area contributed by atoms with Crippen molar-refractivity contribution in [1.82, 2.24) is 0 Å². The van der Waals surface area contributed by atoms with Crippen LogP contribution in [0.3, 0.4) is 0 Å². The van der Waals surface area contributed by atoms with E-state index in [1.54, 1.807) is 19.1 Å². The lowest BCUT2D eigenvalue weighted by molar-refractivity contribution is 0.319. The summed E-state index contributed by atoms with van der Waals surface area (Å²) in [5.41, 5.74) is 12.0. The van der Waals surface area contributed by atoms with E-state index in [1.165, 1.54) is 12.1 Å². The van der Waals surface area contributed by atoms with E-state index in [0.29, 0.717) is 5.69 Å². The first-order chi connectivity index (χ1) is 8.36. The zero-order chi connectivity index (χ0) is 13.8. The number of nitrogens with one attached hydrogen (secondary N) is 1. The lowest BCUT2D eigenvalue weighted by atomic mass is 10.2. The Morgan fingerprint density at radius 2 is 1.83 bits per heavy atom. The molecule has 0 aliphatic heterocycles. The molecule has 18 heavy (non-hydrogen) atoms. The van der Waals surface area contributed by atoms with Crippen LogP contribution in [0.2, 0.25) is 0 Å². The fourth-order valence-corrected chi connectivity index (χ4v) is 2.35. The average Bonchev–Trinajstić information content (AvgIpc) is 2.29. The summed E-state index contributed by atoms with van der Waals surface area (Å²) in [5.74, 6) is -0.279. The number of nitrogens with two attached hydrogens (primary N) is 2. The van der Waals surface area contributed by atoms with Gasteiger partial charge >= 0.3 is 0 Å². The topological polar surface area (TPSA) is 118 Å². The summed E-state index contributed by atoms with van der Waals surface area (Å²) in [6, 6.07) is 5.96. The molecule has 7 heteroatoms. The first-order valence-electron chi connectivity index (χ1n) is 5.58. The quantitative estimate of drug-likeness (QED) is 0.519. The lowest BCUT2D eigenvalue weighted by Gasteiger charge is -2.18. The van der Waals surface area contributed by atoms with Crippen LogP contribution in [0.15, 0.2) is 29.2 Å². The Morgan fingerprint density at radius 3 is 2.28 bits per heavy atom. The maximum absolute atomic E-state index is 11.6. The van der Waals surface area contributed by atoms with Gasteiger partial charge < -0.3 is 21.9 Å². The van der Waals surface area contributed by atoms with Crippen LogP contribution in [-0.2, 0) is 9.84 Å². The Morgan fingerprint density at radius 1 is 1.28 bits per heavy atom. The number of sulfone groups is 1. The second-order valence-electron chi connectivity index (χ2n) is 4.10. The molecule has 0 aromatic heterocycles. The largest absolute Gasteiger partial charge is 0.395 e. The van der Waals surface area contributed by atoms with Gasteiger partial charge in [0.05, 0.1) is 23.4 Å². The molecule has 0 aliphatic rings. The SMILES string of the molecule is CC(N)C(N)Nc1ccc(S(=O)(=O)CCO)cc1. The van der Waals surface area contributed by atoms with Gasteiger partial charge in [0.2, 0.25) is 0 Å². The lowest BCUT2D eigenvalue weighted by Crippen LogP contribution is -2.44. The minimum Gasteiger partial charge on any atom is -0.395 e. The van der Waals surface area contributed by atoms with Gasteiger partial charge in [-0.05, 0) is 31.2 Å². The van der Waals surface area contributed by atoms with Crippen LogP contribution < -0.4 is 16.8 Å². The molecule has 0 spiro atoms. The normalized spacial score (nSPS) is 15.1. The molecule has 0 heterocycles. The molecule has 0 amide bonds. The molecule has 102 valence electrons. The van der Waals surface area contributed by atoms with E-state index in [9.17, 15) is 8.42 Å². The first-order valence-corrected chi connectivity index (χ1v) is 7.23. The number of aliphatic hydroxyl groups is 1. The maximum atomic E-state index is 11.6. The second kappa shape index (κ2) is 6.14. The summed E-state index contributed by atoms with van der Waals surface area (Å²) < 4.78 is 23.3. The third kappa shape index (κ3) is 3.95. The van der Waals surface area contributed by atoms with E-state index in [0.717, 1.165) is 0 Å². The van der Waals surface area contributed by atoms with Gasteiger partial charge in [-0.25, -0.2) is 8.42 Å². The third-order valence-electron chi connectivity index (χ3n) is 2.47. The molecule has 1 rings (SSSR count). The van der Waals surface area contributed by atoms with Crippen LogP contribution in [-0.4, -0.2) is 38.1 Å². The standard InChI is InChI=1S/C11H19N3O3S/c1-8(12)11(13)14-9-2-4-10(5-3-9)18(16,17)7-6-15/h2-5,8,11,14-15H,6-7,12-13H2,1H3. The Kier molecular flexibility index (Phi) is 5.09.